The van der Waals surface area contributed by atoms with E-state index in [2.05, 4.69) is 21.2 Å². The fourth-order valence-electron chi connectivity index (χ4n) is 1.37. The highest BCUT2D eigenvalue weighted by Crippen LogP contribution is 2.23. The van der Waals surface area contributed by atoms with Gasteiger partial charge in [0.1, 0.15) is 5.75 Å². The molecule has 1 N–H and O–H groups in total. The minimum Gasteiger partial charge on any atom is -0.483 e. The van der Waals surface area contributed by atoms with Crippen LogP contribution >= 0.6 is 15.9 Å². The van der Waals surface area contributed by atoms with Crippen molar-refractivity contribution < 1.29 is 9.53 Å². The number of rotatable bonds is 4. The number of hydrogen-bond acceptors (Lipinski definition) is 2. The third-order valence-corrected chi connectivity index (χ3v) is 2.94. The molecule has 0 saturated heterocycles. The van der Waals surface area contributed by atoms with Crippen LogP contribution in [0.4, 0.5) is 0 Å². The molecule has 1 aromatic rings. The summed E-state index contributed by atoms with van der Waals surface area (Å²) in [6, 6.07) is 6.17. The maximum atomic E-state index is 11.4. The molecule has 16 heavy (non-hydrogen) atoms. The van der Waals surface area contributed by atoms with Crippen molar-refractivity contribution in [3.05, 3.63) is 28.2 Å². The molecule has 1 aliphatic carbocycles. The normalized spacial score (nSPS) is 14.6. The fourth-order valence-corrected chi connectivity index (χ4v) is 1.71. The van der Waals surface area contributed by atoms with Crippen LogP contribution in [0.15, 0.2) is 22.7 Å². The summed E-state index contributed by atoms with van der Waals surface area (Å²) in [4.78, 5) is 11.4. The van der Waals surface area contributed by atoms with E-state index >= 15 is 0 Å². The van der Waals surface area contributed by atoms with E-state index in [1.165, 1.54) is 0 Å². The van der Waals surface area contributed by atoms with E-state index in [1.54, 1.807) is 0 Å². The van der Waals surface area contributed by atoms with Crippen LogP contribution in [0, 0.1) is 6.92 Å². The van der Waals surface area contributed by atoms with Gasteiger partial charge in [0, 0.05) is 10.5 Å². The van der Waals surface area contributed by atoms with Gasteiger partial charge in [0.25, 0.3) is 5.91 Å². The zero-order valence-electron chi connectivity index (χ0n) is 9.13. The Balaban J connectivity index is 1.87. The molecular formula is C12H14BrNO2. The second-order valence-electron chi connectivity index (χ2n) is 4.04. The van der Waals surface area contributed by atoms with Crippen molar-refractivity contribution in [2.45, 2.75) is 25.8 Å². The molecule has 0 spiro atoms. The second kappa shape index (κ2) is 4.87. The van der Waals surface area contributed by atoms with Crippen LogP contribution in [0.3, 0.4) is 0 Å². The Morgan fingerprint density at radius 3 is 3.00 bits per heavy atom. The Bertz CT molecular complexity index is 402. The van der Waals surface area contributed by atoms with Gasteiger partial charge >= 0.3 is 0 Å². The van der Waals surface area contributed by atoms with E-state index < -0.39 is 0 Å². The van der Waals surface area contributed by atoms with Crippen LogP contribution in [0.25, 0.3) is 0 Å². The molecule has 1 amide bonds. The molecular weight excluding hydrogens is 270 g/mol. The first-order valence-electron chi connectivity index (χ1n) is 5.33. The third-order valence-electron chi connectivity index (χ3n) is 2.45. The minimum atomic E-state index is -0.0399. The zero-order chi connectivity index (χ0) is 11.5. The molecule has 0 aliphatic heterocycles. The lowest BCUT2D eigenvalue weighted by atomic mass is 10.2. The maximum Gasteiger partial charge on any atom is 0.258 e. The molecule has 2 rings (SSSR count). The van der Waals surface area contributed by atoms with E-state index in [1.807, 2.05) is 25.1 Å². The molecule has 0 unspecified atom stereocenters. The molecule has 1 aliphatic rings. The predicted molar refractivity (Wildman–Crippen MR) is 65.5 cm³/mol. The van der Waals surface area contributed by atoms with Gasteiger partial charge in [-0.15, -0.1) is 0 Å². The quantitative estimate of drug-likeness (QED) is 0.922. The molecule has 86 valence electrons. The smallest absolute Gasteiger partial charge is 0.258 e. The lowest BCUT2D eigenvalue weighted by Gasteiger charge is -2.09. The third kappa shape index (κ3) is 3.23. The highest BCUT2D eigenvalue weighted by atomic mass is 79.9. The Kier molecular flexibility index (Phi) is 3.49. The summed E-state index contributed by atoms with van der Waals surface area (Å²) in [6.45, 7) is 2.05. The highest BCUT2D eigenvalue weighted by molar-refractivity contribution is 9.10. The molecule has 3 nitrogen and oxygen atoms in total. The van der Waals surface area contributed by atoms with Crippen molar-refractivity contribution in [1.29, 1.82) is 0 Å². The van der Waals surface area contributed by atoms with Crippen LogP contribution in [0.5, 0.6) is 5.75 Å². The van der Waals surface area contributed by atoms with Gasteiger partial charge in [0.05, 0.1) is 0 Å². The number of ether oxygens (including phenoxy) is 1. The van der Waals surface area contributed by atoms with Crippen molar-refractivity contribution in [1.82, 2.24) is 5.32 Å². The summed E-state index contributed by atoms with van der Waals surface area (Å²) in [5.74, 6) is 0.710. The summed E-state index contributed by atoms with van der Waals surface area (Å²) in [5, 5.41) is 2.88. The number of carbonyl (C=O) groups is 1. The zero-order valence-corrected chi connectivity index (χ0v) is 10.7. The minimum absolute atomic E-state index is 0.0399. The highest BCUT2D eigenvalue weighted by Gasteiger charge is 2.23. The van der Waals surface area contributed by atoms with E-state index in [0.29, 0.717) is 6.04 Å². The summed E-state index contributed by atoms with van der Waals surface area (Å²) >= 11 is 3.37. The number of halogens is 1. The first-order valence-corrected chi connectivity index (χ1v) is 6.13. The van der Waals surface area contributed by atoms with Gasteiger partial charge in [-0.25, -0.2) is 0 Å². The van der Waals surface area contributed by atoms with Gasteiger partial charge in [-0.3, -0.25) is 4.79 Å². The van der Waals surface area contributed by atoms with Gasteiger partial charge in [0.2, 0.25) is 0 Å². The molecule has 0 aromatic heterocycles. The molecule has 4 heteroatoms. The summed E-state index contributed by atoms with van der Waals surface area (Å²) in [7, 11) is 0. The van der Waals surface area contributed by atoms with Crippen LogP contribution < -0.4 is 10.1 Å². The largest absolute Gasteiger partial charge is 0.483 e. The summed E-state index contributed by atoms with van der Waals surface area (Å²) < 4.78 is 6.42. The molecule has 1 fully saturated rings. The molecule has 1 saturated carbocycles. The van der Waals surface area contributed by atoms with Crippen LogP contribution in [-0.4, -0.2) is 18.6 Å². The lowest BCUT2D eigenvalue weighted by Crippen LogP contribution is -2.30. The maximum absolute atomic E-state index is 11.4. The van der Waals surface area contributed by atoms with Crippen molar-refractivity contribution in [2.24, 2.45) is 0 Å². The molecule has 0 bridgehead atoms. The predicted octanol–water partition coefficient (Wildman–Crippen LogP) is 2.41. The number of benzene rings is 1. The topological polar surface area (TPSA) is 38.3 Å². The van der Waals surface area contributed by atoms with Crippen LogP contribution in [0.1, 0.15) is 18.4 Å². The number of aryl methyl sites for hydroxylation is 1. The molecule has 0 atom stereocenters. The molecule has 0 radical (unpaired) electrons. The number of amides is 1. The van der Waals surface area contributed by atoms with Gasteiger partial charge < -0.3 is 10.1 Å². The lowest BCUT2D eigenvalue weighted by molar-refractivity contribution is -0.123. The average Bonchev–Trinajstić information content (AvgIpc) is 3.03. The van der Waals surface area contributed by atoms with Gasteiger partial charge in [0.15, 0.2) is 6.61 Å². The SMILES string of the molecule is Cc1ccc(Br)cc1OCC(=O)NC1CC1. The monoisotopic (exact) mass is 283 g/mol. The van der Waals surface area contributed by atoms with Crippen molar-refractivity contribution in [3.8, 4) is 5.75 Å². The summed E-state index contributed by atoms with van der Waals surface area (Å²) in [5.41, 5.74) is 1.03. The van der Waals surface area contributed by atoms with Gasteiger partial charge in [-0.1, -0.05) is 22.0 Å². The van der Waals surface area contributed by atoms with E-state index in [0.717, 1.165) is 28.6 Å². The Morgan fingerprint density at radius 2 is 2.31 bits per heavy atom. The Hall–Kier alpha value is -1.03. The second-order valence-corrected chi connectivity index (χ2v) is 4.96. The number of carbonyl (C=O) groups excluding carboxylic acids is 1. The van der Waals surface area contributed by atoms with Crippen molar-refractivity contribution >= 4 is 21.8 Å². The first kappa shape index (κ1) is 11.5. The van der Waals surface area contributed by atoms with Gasteiger partial charge in [-0.2, -0.15) is 0 Å². The van der Waals surface area contributed by atoms with Crippen molar-refractivity contribution in [2.75, 3.05) is 6.61 Å². The number of hydrogen-bond donors (Lipinski definition) is 1. The molecule has 0 heterocycles. The Labute approximate surface area is 103 Å². The van der Waals surface area contributed by atoms with Crippen LogP contribution in [0.2, 0.25) is 0 Å². The first-order chi connectivity index (χ1) is 7.65. The molecule has 1 aromatic carbocycles. The number of nitrogens with one attached hydrogen (secondary N) is 1. The van der Waals surface area contributed by atoms with Crippen molar-refractivity contribution in [3.63, 3.8) is 0 Å². The van der Waals surface area contributed by atoms with Crippen LogP contribution in [-0.2, 0) is 4.79 Å². The van der Waals surface area contributed by atoms with E-state index in [-0.39, 0.29) is 12.5 Å². The van der Waals surface area contributed by atoms with E-state index in [9.17, 15) is 4.79 Å². The fraction of sp³-hybridized carbons (Fsp3) is 0.417. The average molecular weight is 284 g/mol. The standard InChI is InChI=1S/C12H14BrNO2/c1-8-2-3-9(13)6-11(8)16-7-12(15)14-10-4-5-10/h2-3,6,10H,4-5,7H2,1H3,(H,14,15). The Morgan fingerprint density at radius 1 is 1.56 bits per heavy atom. The summed E-state index contributed by atoms with van der Waals surface area (Å²) in [6.07, 6.45) is 2.20. The van der Waals surface area contributed by atoms with Gasteiger partial charge in [-0.05, 0) is 37.5 Å². The van der Waals surface area contributed by atoms with E-state index in [4.69, 9.17) is 4.74 Å².